The Morgan fingerprint density at radius 3 is 2.21 bits per heavy atom. The molecule has 19 heavy (non-hydrogen) atoms. The number of benzene rings is 1. The largest absolute Gasteiger partial charge is 0.416 e. The summed E-state index contributed by atoms with van der Waals surface area (Å²) in [5.74, 6) is 0.183. The van der Waals surface area contributed by atoms with Crippen molar-refractivity contribution in [1.29, 1.82) is 0 Å². The van der Waals surface area contributed by atoms with Crippen molar-refractivity contribution in [2.45, 2.75) is 44.3 Å². The molecule has 0 bridgehead atoms. The zero-order valence-corrected chi connectivity index (χ0v) is 11.4. The zero-order valence-electron chi connectivity index (χ0n) is 10.6. The molecule has 2 rings (SSSR count). The zero-order chi connectivity index (χ0) is 13.2. The summed E-state index contributed by atoms with van der Waals surface area (Å²) in [6.07, 6.45) is 0.882. The van der Waals surface area contributed by atoms with Crippen LogP contribution in [-0.2, 0) is 6.18 Å². The van der Waals surface area contributed by atoms with Gasteiger partial charge in [-0.2, -0.15) is 13.2 Å². The summed E-state index contributed by atoms with van der Waals surface area (Å²) in [7, 11) is 0. The third-order valence-electron chi connectivity index (χ3n) is 3.78. The first kappa shape index (κ1) is 16.3. The summed E-state index contributed by atoms with van der Waals surface area (Å²) in [5.41, 5.74) is 5.73. The predicted molar refractivity (Wildman–Crippen MR) is 72.2 cm³/mol. The predicted octanol–water partition coefficient (Wildman–Crippen LogP) is 4.71. The Kier molecular flexibility index (Phi) is 5.68. The van der Waals surface area contributed by atoms with Gasteiger partial charge in [-0.25, -0.2) is 0 Å². The van der Waals surface area contributed by atoms with E-state index in [1.54, 1.807) is 6.07 Å². The number of alkyl halides is 3. The molecule has 0 amide bonds. The molecule has 0 aromatic heterocycles. The van der Waals surface area contributed by atoms with E-state index in [0.29, 0.717) is 0 Å². The Morgan fingerprint density at radius 1 is 1.05 bits per heavy atom. The molecule has 1 aliphatic rings. The van der Waals surface area contributed by atoms with Gasteiger partial charge >= 0.3 is 6.18 Å². The summed E-state index contributed by atoms with van der Waals surface area (Å²) in [6.45, 7) is 0. The van der Waals surface area contributed by atoms with Gasteiger partial charge in [0.05, 0.1) is 5.56 Å². The molecule has 0 aliphatic heterocycles. The lowest BCUT2D eigenvalue weighted by Crippen LogP contribution is -2.26. The third-order valence-corrected chi connectivity index (χ3v) is 3.78. The van der Waals surface area contributed by atoms with Crippen molar-refractivity contribution >= 4 is 12.4 Å². The average Bonchev–Trinajstić information content (AvgIpc) is 2.38. The number of hydrogen-bond acceptors (Lipinski definition) is 1. The molecule has 0 saturated heterocycles. The lowest BCUT2D eigenvalue weighted by Gasteiger charge is -2.29. The van der Waals surface area contributed by atoms with Gasteiger partial charge in [-0.1, -0.05) is 37.5 Å². The van der Waals surface area contributed by atoms with E-state index in [9.17, 15) is 13.2 Å². The third kappa shape index (κ3) is 3.86. The van der Waals surface area contributed by atoms with Crippen LogP contribution in [0.4, 0.5) is 13.2 Å². The minimum atomic E-state index is -4.32. The average molecular weight is 294 g/mol. The van der Waals surface area contributed by atoms with Gasteiger partial charge in [0.2, 0.25) is 0 Å². The second kappa shape index (κ2) is 6.62. The van der Waals surface area contributed by atoms with Crippen molar-refractivity contribution < 1.29 is 13.2 Å². The molecule has 1 nitrogen and oxygen atoms in total. The van der Waals surface area contributed by atoms with Gasteiger partial charge in [0, 0.05) is 6.04 Å². The number of rotatable bonds is 2. The highest BCUT2D eigenvalue weighted by molar-refractivity contribution is 5.85. The lowest BCUT2D eigenvalue weighted by molar-refractivity contribution is -0.138. The maximum absolute atomic E-state index is 12.9. The SMILES string of the molecule is Cl.N[C@H](c1ccccc1C(F)(F)F)C1CCCCC1. The summed E-state index contributed by atoms with van der Waals surface area (Å²) < 4.78 is 38.8. The smallest absolute Gasteiger partial charge is 0.324 e. The molecular formula is C14H19ClF3N. The Hall–Kier alpha value is -0.740. The first-order valence-corrected chi connectivity index (χ1v) is 6.42. The highest BCUT2D eigenvalue weighted by atomic mass is 35.5. The van der Waals surface area contributed by atoms with E-state index in [1.165, 1.54) is 18.6 Å². The molecule has 1 aromatic carbocycles. The molecule has 0 unspecified atom stereocenters. The number of hydrogen-bond donors (Lipinski definition) is 1. The van der Waals surface area contributed by atoms with Gasteiger partial charge in [0.15, 0.2) is 0 Å². The summed E-state index contributed by atoms with van der Waals surface area (Å²) >= 11 is 0. The van der Waals surface area contributed by atoms with E-state index in [0.717, 1.165) is 31.7 Å². The van der Waals surface area contributed by atoms with Crippen molar-refractivity contribution in [1.82, 2.24) is 0 Å². The number of halogens is 4. The standard InChI is InChI=1S/C14H18F3N.ClH/c15-14(16,17)12-9-5-4-8-11(12)13(18)10-6-2-1-3-7-10;/h4-5,8-10,13H,1-3,6-7,18H2;1H/t13-;/m0./s1. The maximum atomic E-state index is 12.9. The van der Waals surface area contributed by atoms with E-state index in [-0.39, 0.29) is 23.9 Å². The molecule has 1 atom stereocenters. The quantitative estimate of drug-likeness (QED) is 0.840. The number of nitrogens with two attached hydrogens (primary N) is 1. The second-order valence-corrected chi connectivity index (χ2v) is 5.01. The minimum absolute atomic E-state index is 0. The molecule has 1 aliphatic carbocycles. The van der Waals surface area contributed by atoms with Crippen molar-refractivity contribution in [2.75, 3.05) is 0 Å². The van der Waals surface area contributed by atoms with Gasteiger partial charge in [0.1, 0.15) is 0 Å². The molecule has 5 heteroatoms. The van der Waals surface area contributed by atoms with Crippen LogP contribution in [0.3, 0.4) is 0 Å². The van der Waals surface area contributed by atoms with Crippen LogP contribution >= 0.6 is 12.4 Å². The molecule has 1 fully saturated rings. The van der Waals surface area contributed by atoms with E-state index in [4.69, 9.17) is 5.73 Å². The van der Waals surface area contributed by atoms with E-state index in [2.05, 4.69) is 0 Å². The fraction of sp³-hybridized carbons (Fsp3) is 0.571. The molecule has 1 saturated carbocycles. The molecule has 0 spiro atoms. The molecular weight excluding hydrogens is 275 g/mol. The fourth-order valence-corrected chi connectivity index (χ4v) is 2.79. The van der Waals surface area contributed by atoms with Gasteiger partial charge in [0.25, 0.3) is 0 Å². The topological polar surface area (TPSA) is 26.0 Å². The van der Waals surface area contributed by atoms with Crippen LogP contribution in [0.5, 0.6) is 0 Å². The monoisotopic (exact) mass is 293 g/mol. The second-order valence-electron chi connectivity index (χ2n) is 5.01. The van der Waals surface area contributed by atoms with Crippen LogP contribution in [-0.4, -0.2) is 0 Å². The van der Waals surface area contributed by atoms with Crippen LogP contribution in [0.15, 0.2) is 24.3 Å². The van der Waals surface area contributed by atoms with E-state index < -0.39 is 17.8 Å². The first-order valence-electron chi connectivity index (χ1n) is 6.42. The summed E-state index contributed by atoms with van der Waals surface area (Å²) in [4.78, 5) is 0. The van der Waals surface area contributed by atoms with Crippen LogP contribution in [0, 0.1) is 5.92 Å². The Balaban J connectivity index is 0.00000180. The van der Waals surface area contributed by atoms with Crippen LogP contribution in [0.2, 0.25) is 0 Å². The fourth-order valence-electron chi connectivity index (χ4n) is 2.79. The summed E-state index contributed by atoms with van der Waals surface area (Å²) in [6, 6.07) is 5.19. The maximum Gasteiger partial charge on any atom is 0.416 e. The van der Waals surface area contributed by atoms with Crippen molar-refractivity contribution in [2.24, 2.45) is 11.7 Å². The normalized spacial score (nSPS) is 18.7. The van der Waals surface area contributed by atoms with Gasteiger partial charge in [-0.15, -0.1) is 12.4 Å². The van der Waals surface area contributed by atoms with Crippen molar-refractivity contribution in [3.63, 3.8) is 0 Å². The van der Waals surface area contributed by atoms with Gasteiger partial charge in [-0.05, 0) is 30.4 Å². The molecule has 108 valence electrons. The van der Waals surface area contributed by atoms with Crippen LogP contribution < -0.4 is 5.73 Å². The Bertz CT molecular complexity index is 400. The van der Waals surface area contributed by atoms with Gasteiger partial charge < -0.3 is 5.73 Å². The van der Waals surface area contributed by atoms with Crippen molar-refractivity contribution in [3.8, 4) is 0 Å². The molecule has 2 N–H and O–H groups in total. The Morgan fingerprint density at radius 2 is 1.63 bits per heavy atom. The lowest BCUT2D eigenvalue weighted by atomic mass is 9.80. The first-order chi connectivity index (χ1) is 8.50. The van der Waals surface area contributed by atoms with Crippen LogP contribution in [0.25, 0.3) is 0 Å². The van der Waals surface area contributed by atoms with Crippen LogP contribution in [0.1, 0.15) is 49.3 Å². The molecule has 1 aromatic rings. The van der Waals surface area contributed by atoms with Crippen molar-refractivity contribution in [3.05, 3.63) is 35.4 Å². The highest BCUT2D eigenvalue weighted by Gasteiger charge is 2.35. The minimum Gasteiger partial charge on any atom is -0.324 e. The van der Waals surface area contributed by atoms with E-state index in [1.807, 2.05) is 0 Å². The summed E-state index contributed by atoms with van der Waals surface area (Å²) in [5, 5.41) is 0. The highest BCUT2D eigenvalue weighted by Crippen LogP contribution is 2.39. The van der Waals surface area contributed by atoms with Gasteiger partial charge in [-0.3, -0.25) is 0 Å². The Labute approximate surface area is 117 Å². The van der Waals surface area contributed by atoms with E-state index >= 15 is 0 Å². The molecule has 0 heterocycles. The molecule has 0 radical (unpaired) electrons.